The molecule has 4 aromatic rings. The van der Waals surface area contributed by atoms with Crippen molar-refractivity contribution < 1.29 is 14.3 Å². The summed E-state index contributed by atoms with van der Waals surface area (Å²) in [6.45, 7) is 2.10. The zero-order valence-corrected chi connectivity index (χ0v) is 18.4. The number of halogens is 1. The third kappa shape index (κ3) is 4.22. The molecule has 0 amide bonds. The Morgan fingerprint density at radius 1 is 1.03 bits per heavy atom. The summed E-state index contributed by atoms with van der Waals surface area (Å²) in [6.07, 6.45) is 0. The van der Waals surface area contributed by atoms with Gasteiger partial charge >= 0.3 is 180 Å². The van der Waals surface area contributed by atoms with Crippen LogP contribution < -0.4 is 13.7 Å². The maximum atomic E-state index is 12.3. The molecule has 6 heteroatoms. The van der Waals surface area contributed by atoms with Gasteiger partial charge in [-0.15, -0.1) is 0 Å². The van der Waals surface area contributed by atoms with Crippen molar-refractivity contribution in [2.75, 3.05) is 13.7 Å². The second kappa shape index (κ2) is 8.42. The first-order valence-electron chi connectivity index (χ1n) is 9.10. The number of fused-ring (bicyclic) bond motifs is 2. The van der Waals surface area contributed by atoms with Gasteiger partial charge in [-0.25, -0.2) is 0 Å². The van der Waals surface area contributed by atoms with Gasteiger partial charge in [0.25, 0.3) is 0 Å². The fourth-order valence-corrected chi connectivity index (χ4v) is 5.39. The van der Waals surface area contributed by atoms with Gasteiger partial charge in [-0.05, 0) is 0 Å². The molecule has 1 aromatic heterocycles. The van der Waals surface area contributed by atoms with E-state index in [1.165, 1.54) is 4.46 Å². The van der Waals surface area contributed by atoms with Gasteiger partial charge < -0.3 is 0 Å². The van der Waals surface area contributed by atoms with E-state index in [-0.39, 0.29) is 15.0 Å². The molecule has 0 aliphatic heterocycles. The van der Waals surface area contributed by atoms with Crippen LogP contribution in [0.3, 0.4) is 0 Å². The summed E-state index contributed by atoms with van der Waals surface area (Å²) in [5.41, 5.74) is 1.06. The molecule has 0 N–H and O–H groups in total. The van der Waals surface area contributed by atoms with Crippen LogP contribution in [0.1, 0.15) is 17.4 Å². The van der Waals surface area contributed by atoms with Crippen LogP contribution in [0.4, 0.5) is 0 Å². The van der Waals surface area contributed by atoms with Crippen LogP contribution in [0.25, 0.3) is 21.7 Å². The topological polar surface area (TPSA) is 48.4 Å². The number of ether oxygens (including phenoxy) is 2. The molecule has 0 aliphatic carbocycles. The molecule has 4 nitrogen and oxygen atoms in total. The van der Waals surface area contributed by atoms with Gasteiger partial charge in [0.15, 0.2) is 0 Å². The van der Waals surface area contributed by atoms with Crippen molar-refractivity contribution in [3.8, 4) is 5.75 Å². The van der Waals surface area contributed by atoms with Crippen molar-refractivity contribution in [3.63, 3.8) is 0 Å². The number of esters is 1. The number of rotatable bonds is 5. The number of nitrogens with zero attached hydrogens (tertiary/aromatic N) is 1. The number of carbonyl (C=O) groups is 1. The summed E-state index contributed by atoms with van der Waals surface area (Å²) in [5.74, 6) is 0.427. The van der Waals surface area contributed by atoms with Gasteiger partial charge in [-0.2, -0.15) is 0 Å². The van der Waals surface area contributed by atoms with E-state index in [2.05, 4.69) is 29.2 Å². The molecule has 0 unspecified atom stereocenters. The van der Waals surface area contributed by atoms with E-state index < -0.39 is 5.97 Å². The Hall–Kier alpha value is -2.59. The Kier molecular flexibility index (Phi) is 5.72. The average Bonchev–Trinajstić information content (AvgIpc) is 2.73. The number of methoxy groups -OCH3 is 1. The minimum atomic E-state index is -0.410. The Morgan fingerprint density at radius 2 is 1.83 bits per heavy atom. The molecule has 0 fully saturated rings. The van der Waals surface area contributed by atoms with Gasteiger partial charge in [-0.3, -0.25) is 0 Å². The van der Waals surface area contributed by atoms with Crippen molar-refractivity contribution in [1.29, 1.82) is 0 Å². The number of carbonyl (C=O) groups excluding carboxylic acids is 1. The number of hydrogen-bond acceptors (Lipinski definition) is 4. The third-order valence-electron chi connectivity index (χ3n) is 4.46. The first-order valence-corrected chi connectivity index (χ1v) is 11.2. The van der Waals surface area contributed by atoms with Gasteiger partial charge in [0, 0.05) is 0 Å². The van der Waals surface area contributed by atoms with Crippen molar-refractivity contribution in [2.24, 2.45) is 0 Å². The molecule has 29 heavy (non-hydrogen) atoms. The van der Waals surface area contributed by atoms with Crippen molar-refractivity contribution in [3.05, 3.63) is 71.4 Å². The van der Waals surface area contributed by atoms with Crippen LogP contribution in [0.5, 0.6) is 5.75 Å². The SMILES string of the molecule is CCOC(=O)c1cc([Se]c2ccc3cc(OC)ccc3c2)c2cc(Cl)ccc2n1. The van der Waals surface area contributed by atoms with E-state index in [0.29, 0.717) is 17.3 Å². The summed E-state index contributed by atoms with van der Waals surface area (Å²) in [5, 5.41) is 3.87. The number of aromatic nitrogens is 1. The van der Waals surface area contributed by atoms with Crippen LogP contribution in [-0.2, 0) is 4.74 Å². The zero-order chi connectivity index (χ0) is 20.4. The second-order valence-electron chi connectivity index (χ2n) is 6.36. The molecule has 1 heterocycles. The Labute approximate surface area is 180 Å². The van der Waals surface area contributed by atoms with Crippen molar-refractivity contribution >= 4 is 63.1 Å². The molecule has 146 valence electrons. The van der Waals surface area contributed by atoms with Crippen molar-refractivity contribution in [1.82, 2.24) is 4.98 Å². The molecule has 0 atom stereocenters. The predicted molar refractivity (Wildman–Crippen MR) is 118 cm³/mol. The maximum absolute atomic E-state index is 12.3. The minimum absolute atomic E-state index is 0.0404. The molecule has 4 rings (SSSR count). The van der Waals surface area contributed by atoms with Gasteiger partial charge in [0.2, 0.25) is 0 Å². The van der Waals surface area contributed by atoms with Crippen molar-refractivity contribution in [2.45, 2.75) is 6.92 Å². The fraction of sp³-hybridized carbons (Fsp3) is 0.130. The standard InChI is InChI=1S/C23H18ClNO3Se/c1-3-28-23(26)21-13-22(19-12-16(24)6-9-20(19)25-21)29-18-8-5-14-10-17(27-2)7-4-15(14)11-18/h4-13H,3H2,1-2H3. The molecule has 0 saturated carbocycles. The summed E-state index contributed by atoms with van der Waals surface area (Å²) in [4.78, 5) is 16.7. The van der Waals surface area contributed by atoms with Gasteiger partial charge in [0.1, 0.15) is 0 Å². The van der Waals surface area contributed by atoms with Gasteiger partial charge in [-0.1, -0.05) is 0 Å². The van der Waals surface area contributed by atoms with E-state index in [1.807, 2.05) is 30.3 Å². The zero-order valence-electron chi connectivity index (χ0n) is 15.9. The molecule has 0 bridgehead atoms. The van der Waals surface area contributed by atoms with E-state index in [9.17, 15) is 4.79 Å². The second-order valence-corrected chi connectivity index (χ2v) is 9.14. The van der Waals surface area contributed by atoms with Crippen LogP contribution in [0.2, 0.25) is 5.02 Å². The summed E-state index contributed by atoms with van der Waals surface area (Å²) in [6, 6.07) is 19.8. The van der Waals surface area contributed by atoms with E-state index in [1.54, 1.807) is 20.1 Å². The van der Waals surface area contributed by atoms with Gasteiger partial charge in [0.05, 0.1) is 0 Å². The summed E-state index contributed by atoms with van der Waals surface area (Å²) < 4.78 is 12.7. The monoisotopic (exact) mass is 471 g/mol. The quantitative estimate of drug-likeness (QED) is 0.328. The number of pyridine rings is 1. The number of benzene rings is 3. The third-order valence-corrected chi connectivity index (χ3v) is 6.90. The molecule has 0 aliphatic rings. The normalized spacial score (nSPS) is 11.0. The molecular formula is C23H18ClNO3Se. The average molecular weight is 471 g/mol. The fourth-order valence-electron chi connectivity index (χ4n) is 3.08. The first-order chi connectivity index (χ1) is 14.1. The first kappa shape index (κ1) is 19.7. The summed E-state index contributed by atoms with van der Waals surface area (Å²) in [7, 11) is 1.67. The molecule has 0 saturated heterocycles. The van der Waals surface area contributed by atoms with E-state index in [0.717, 1.165) is 31.9 Å². The molecule has 0 spiro atoms. The predicted octanol–water partition coefficient (Wildman–Crippen LogP) is 3.88. The van der Waals surface area contributed by atoms with Crippen LogP contribution in [-0.4, -0.2) is 39.6 Å². The Morgan fingerprint density at radius 3 is 2.62 bits per heavy atom. The van der Waals surface area contributed by atoms with E-state index in [4.69, 9.17) is 21.1 Å². The van der Waals surface area contributed by atoms with Crippen LogP contribution in [0.15, 0.2) is 60.7 Å². The Balaban J connectivity index is 1.78. The number of hydrogen-bond donors (Lipinski definition) is 0. The van der Waals surface area contributed by atoms with E-state index >= 15 is 0 Å². The Bertz CT molecular complexity index is 1230. The molecular weight excluding hydrogens is 453 g/mol. The molecule has 3 aromatic carbocycles. The van der Waals surface area contributed by atoms with Crippen LogP contribution >= 0.6 is 11.6 Å². The van der Waals surface area contributed by atoms with Crippen LogP contribution in [0, 0.1) is 0 Å². The summed E-state index contributed by atoms with van der Waals surface area (Å²) >= 11 is 6.19. The molecule has 0 radical (unpaired) electrons.